The molecule has 1 heterocycles. The van der Waals surface area contributed by atoms with E-state index in [0.29, 0.717) is 5.92 Å². The molecular formula is C19H40N4O3. The zero-order valence-corrected chi connectivity index (χ0v) is 17.3. The van der Waals surface area contributed by atoms with Crippen LogP contribution in [0.1, 0.15) is 32.6 Å². The first kappa shape index (κ1) is 23.1. The van der Waals surface area contributed by atoms with Crippen molar-refractivity contribution < 1.29 is 14.2 Å². The molecule has 1 fully saturated rings. The summed E-state index contributed by atoms with van der Waals surface area (Å²) < 4.78 is 17.0. The van der Waals surface area contributed by atoms with E-state index in [1.54, 1.807) is 7.05 Å². The zero-order valence-electron chi connectivity index (χ0n) is 17.3. The average Bonchev–Trinajstić information content (AvgIpc) is 2.65. The molecule has 0 aromatic rings. The van der Waals surface area contributed by atoms with E-state index < -0.39 is 0 Å². The molecule has 7 heteroatoms. The third kappa shape index (κ3) is 11.7. The maximum atomic E-state index is 5.80. The van der Waals surface area contributed by atoms with Crippen LogP contribution in [0.4, 0.5) is 0 Å². The van der Waals surface area contributed by atoms with Crippen molar-refractivity contribution in [1.82, 2.24) is 15.5 Å². The molecule has 0 aliphatic carbocycles. The van der Waals surface area contributed by atoms with Gasteiger partial charge in [-0.25, -0.2) is 0 Å². The number of nitrogens with one attached hydrogen (secondary N) is 2. The third-order valence-corrected chi connectivity index (χ3v) is 4.47. The quantitative estimate of drug-likeness (QED) is 0.289. The Balaban J connectivity index is 2.09. The predicted molar refractivity (Wildman–Crippen MR) is 107 cm³/mol. The fraction of sp³-hybridized carbons (Fsp3) is 0.947. The first-order chi connectivity index (χ1) is 12.7. The molecule has 7 nitrogen and oxygen atoms in total. The number of hydrogen-bond donors (Lipinski definition) is 2. The van der Waals surface area contributed by atoms with Crippen molar-refractivity contribution in [2.75, 3.05) is 73.8 Å². The molecule has 1 atom stereocenters. The Morgan fingerprint density at radius 3 is 2.69 bits per heavy atom. The van der Waals surface area contributed by atoms with Crippen LogP contribution < -0.4 is 10.6 Å². The molecule has 154 valence electrons. The predicted octanol–water partition coefficient (Wildman–Crippen LogP) is 1.34. The second-order valence-electron chi connectivity index (χ2n) is 7.03. The van der Waals surface area contributed by atoms with Crippen molar-refractivity contribution in [3.05, 3.63) is 0 Å². The molecule has 1 aliphatic rings. The van der Waals surface area contributed by atoms with Gasteiger partial charge in [-0.3, -0.25) is 4.99 Å². The highest BCUT2D eigenvalue weighted by Crippen LogP contribution is 2.14. The first-order valence-corrected chi connectivity index (χ1v) is 10.0. The molecule has 0 amide bonds. The Bertz CT molecular complexity index is 361. The maximum absolute atomic E-state index is 5.80. The summed E-state index contributed by atoms with van der Waals surface area (Å²) in [5, 5.41) is 6.70. The molecule has 0 bridgehead atoms. The zero-order chi connectivity index (χ0) is 19.0. The van der Waals surface area contributed by atoms with Crippen molar-refractivity contribution in [3.8, 4) is 0 Å². The van der Waals surface area contributed by atoms with E-state index in [2.05, 4.69) is 34.6 Å². The van der Waals surface area contributed by atoms with Crippen molar-refractivity contribution >= 4 is 5.96 Å². The normalized spacial score (nSPS) is 17.5. The molecule has 26 heavy (non-hydrogen) atoms. The average molecular weight is 373 g/mol. The summed E-state index contributed by atoms with van der Waals surface area (Å²) >= 11 is 0. The van der Waals surface area contributed by atoms with Gasteiger partial charge in [0.05, 0.1) is 6.10 Å². The van der Waals surface area contributed by atoms with Gasteiger partial charge < -0.3 is 29.7 Å². The largest absolute Gasteiger partial charge is 0.381 e. The van der Waals surface area contributed by atoms with Gasteiger partial charge in [0.2, 0.25) is 0 Å². The highest BCUT2D eigenvalue weighted by Gasteiger charge is 2.13. The summed E-state index contributed by atoms with van der Waals surface area (Å²) in [5.74, 6) is 1.49. The molecule has 1 rings (SSSR count). The van der Waals surface area contributed by atoms with Crippen LogP contribution in [-0.2, 0) is 14.2 Å². The van der Waals surface area contributed by atoms with E-state index in [0.717, 1.165) is 84.3 Å². The minimum atomic E-state index is 0.198. The highest BCUT2D eigenvalue weighted by atomic mass is 16.5. The van der Waals surface area contributed by atoms with E-state index in [4.69, 9.17) is 14.2 Å². The highest BCUT2D eigenvalue weighted by molar-refractivity contribution is 5.79. The van der Waals surface area contributed by atoms with E-state index >= 15 is 0 Å². The minimum Gasteiger partial charge on any atom is -0.381 e. The van der Waals surface area contributed by atoms with Crippen molar-refractivity contribution in [3.63, 3.8) is 0 Å². The molecule has 1 aliphatic heterocycles. The van der Waals surface area contributed by atoms with E-state index in [1.165, 1.54) is 0 Å². The molecule has 1 unspecified atom stereocenters. The fourth-order valence-corrected chi connectivity index (χ4v) is 2.86. The molecule has 2 N–H and O–H groups in total. The summed E-state index contributed by atoms with van der Waals surface area (Å²) in [6, 6.07) is 0. The molecule has 1 saturated heterocycles. The monoisotopic (exact) mass is 372 g/mol. The number of rotatable bonds is 13. The number of guanidine groups is 1. The van der Waals surface area contributed by atoms with Gasteiger partial charge in [0.1, 0.15) is 0 Å². The van der Waals surface area contributed by atoms with Crippen molar-refractivity contribution in [1.29, 1.82) is 0 Å². The lowest BCUT2D eigenvalue weighted by atomic mass is 10.0. The smallest absolute Gasteiger partial charge is 0.191 e. The second-order valence-corrected chi connectivity index (χ2v) is 7.03. The number of aliphatic imine (C=N–C) groups is 1. The molecule has 0 spiro atoms. The molecule has 0 radical (unpaired) electrons. The van der Waals surface area contributed by atoms with Gasteiger partial charge in [-0.05, 0) is 52.6 Å². The maximum Gasteiger partial charge on any atom is 0.191 e. The van der Waals surface area contributed by atoms with Crippen LogP contribution in [0.15, 0.2) is 4.99 Å². The second kappa shape index (κ2) is 15.2. The molecular weight excluding hydrogens is 332 g/mol. The van der Waals surface area contributed by atoms with E-state index in [9.17, 15) is 0 Å². The Morgan fingerprint density at radius 2 is 2.04 bits per heavy atom. The first-order valence-electron chi connectivity index (χ1n) is 10.0. The molecule has 0 aromatic carbocycles. The summed E-state index contributed by atoms with van der Waals surface area (Å²) in [6.07, 6.45) is 4.43. The number of ether oxygens (including phenoxy) is 3. The Hall–Kier alpha value is -0.890. The van der Waals surface area contributed by atoms with Crippen LogP contribution in [0, 0.1) is 5.92 Å². The topological polar surface area (TPSA) is 67.4 Å². The Kier molecular flexibility index (Phi) is 13.5. The number of hydrogen-bond acceptors (Lipinski definition) is 5. The van der Waals surface area contributed by atoms with Gasteiger partial charge in [-0.15, -0.1) is 0 Å². The van der Waals surface area contributed by atoms with Gasteiger partial charge in [0.15, 0.2) is 5.96 Å². The summed E-state index contributed by atoms with van der Waals surface area (Å²) in [4.78, 5) is 6.46. The van der Waals surface area contributed by atoms with Crippen LogP contribution in [0.5, 0.6) is 0 Å². The van der Waals surface area contributed by atoms with Crippen LogP contribution in [0.2, 0.25) is 0 Å². The van der Waals surface area contributed by atoms with Crippen LogP contribution >= 0.6 is 0 Å². The summed E-state index contributed by atoms with van der Waals surface area (Å²) in [7, 11) is 5.97. The molecule has 0 aromatic heterocycles. The van der Waals surface area contributed by atoms with Gasteiger partial charge in [0, 0.05) is 59.7 Å². The minimum absolute atomic E-state index is 0.198. The van der Waals surface area contributed by atoms with Gasteiger partial charge in [-0.2, -0.15) is 0 Å². The van der Waals surface area contributed by atoms with Crippen molar-refractivity contribution in [2.45, 2.75) is 38.7 Å². The van der Waals surface area contributed by atoms with Gasteiger partial charge >= 0.3 is 0 Å². The van der Waals surface area contributed by atoms with Crippen LogP contribution in [0.25, 0.3) is 0 Å². The van der Waals surface area contributed by atoms with Gasteiger partial charge in [0.25, 0.3) is 0 Å². The Labute approximate surface area is 159 Å². The van der Waals surface area contributed by atoms with E-state index in [-0.39, 0.29) is 6.10 Å². The van der Waals surface area contributed by atoms with E-state index in [1.807, 2.05) is 6.92 Å². The summed E-state index contributed by atoms with van der Waals surface area (Å²) in [5.41, 5.74) is 0. The van der Waals surface area contributed by atoms with Crippen LogP contribution in [-0.4, -0.2) is 90.8 Å². The fourth-order valence-electron chi connectivity index (χ4n) is 2.86. The summed E-state index contributed by atoms with van der Waals surface area (Å²) in [6.45, 7) is 8.81. The lowest BCUT2D eigenvalue weighted by molar-refractivity contribution is 0.0203. The van der Waals surface area contributed by atoms with Crippen LogP contribution in [0.3, 0.4) is 0 Å². The number of nitrogens with zero attached hydrogens (tertiary/aromatic N) is 2. The SMILES string of the molecule is CCOC(CCN(C)C)CNC(=NC)NCCCOCC1CCOCC1. The van der Waals surface area contributed by atoms with Gasteiger partial charge in [-0.1, -0.05) is 0 Å². The third-order valence-electron chi connectivity index (χ3n) is 4.47. The molecule has 0 saturated carbocycles. The van der Waals surface area contributed by atoms with Crippen molar-refractivity contribution in [2.24, 2.45) is 10.9 Å². The standard InChI is InChI=1S/C19H40N4O3/c1-5-26-18(7-11-23(3)4)15-22-19(20-2)21-10-6-12-25-16-17-8-13-24-14-9-17/h17-18H,5-16H2,1-4H3,(H2,20,21,22). The lowest BCUT2D eigenvalue weighted by Crippen LogP contribution is -2.42. The Morgan fingerprint density at radius 1 is 1.27 bits per heavy atom. The lowest BCUT2D eigenvalue weighted by Gasteiger charge is -2.22.